The van der Waals surface area contributed by atoms with Crippen molar-refractivity contribution in [3.63, 3.8) is 0 Å². The highest BCUT2D eigenvalue weighted by Gasteiger charge is 2.33. The van der Waals surface area contributed by atoms with E-state index in [9.17, 15) is 36.6 Å². The third-order valence-electron chi connectivity index (χ3n) is 4.21. The number of pyridine rings is 2. The van der Waals surface area contributed by atoms with Crippen LogP contribution in [0.3, 0.4) is 0 Å². The molecule has 0 radical (unpaired) electrons. The van der Waals surface area contributed by atoms with Crippen molar-refractivity contribution in [3.8, 4) is 29.0 Å². The standard InChI is InChI=1S/C19H11F6N7O2/c20-18(21,22)13-3-1-2-10(28-13)15-29-16(27-9-4-5-26-14(6-9)19(23,24)25)31-17(30-15)32-7-11(33)12(34)8-32/h1-8,33-34H,(H,26,27,29,30,31). The normalized spacial score (nSPS) is 12.1. The van der Waals surface area contributed by atoms with Crippen LogP contribution < -0.4 is 5.32 Å². The lowest BCUT2D eigenvalue weighted by atomic mass is 10.3. The molecule has 4 aromatic rings. The predicted octanol–water partition coefficient (Wildman–Crippen LogP) is 4.31. The van der Waals surface area contributed by atoms with E-state index < -0.39 is 35.2 Å². The third-order valence-corrected chi connectivity index (χ3v) is 4.21. The number of nitrogens with one attached hydrogen (secondary N) is 1. The molecule has 4 heterocycles. The molecule has 0 aliphatic rings. The highest BCUT2D eigenvalue weighted by Crippen LogP contribution is 2.31. The molecule has 0 aliphatic carbocycles. The topological polar surface area (TPSA) is 122 Å². The summed E-state index contributed by atoms with van der Waals surface area (Å²) < 4.78 is 79.2. The minimum absolute atomic E-state index is 0.124. The number of halogens is 6. The molecular weight excluding hydrogens is 472 g/mol. The number of nitrogens with zero attached hydrogens (tertiary/aromatic N) is 6. The molecule has 0 fully saturated rings. The van der Waals surface area contributed by atoms with Crippen molar-refractivity contribution < 1.29 is 36.6 Å². The van der Waals surface area contributed by atoms with Gasteiger partial charge in [-0.25, -0.2) is 4.98 Å². The van der Waals surface area contributed by atoms with Crippen LogP contribution in [0.25, 0.3) is 17.5 Å². The van der Waals surface area contributed by atoms with Gasteiger partial charge in [-0.05, 0) is 24.3 Å². The van der Waals surface area contributed by atoms with Crippen LogP contribution in [0.5, 0.6) is 11.5 Å². The Hall–Kier alpha value is -4.43. The van der Waals surface area contributed by atoms with Gasteiger partial charge in [0, 0.05) is 11.9 Å². The highest BCUT2D eigenvalue weighted by atomic mass is 19.4. The van der Waals surface area contributed by atoms with Crippen molar-refractivity contribution in [2.75, 3.05) is 5.32 Å². The number of aromatic nitrogens is 6. The van der Waals surface area contributed by atoms with Crippen LogP contribution in [0.1, 0.15) is 11.4 Å². The van der Waals surface area contributed by atoms with Crippen LogP contribution in [-0.4, -0.2) is 39.7 Å². The molecule has 0 atom stereocenters. The van der Waals surface area contributed by atoms with Gasteiger partial charge in [0.25, 0.3) is 0 Å². The van der Waals surface area contributed by atoms with Gasteiger partial charge in [0.15, 0.2) is 17.3 Å². The van der Waals surface area contributed by atoms with Gasteiger partial charge < -0.3 is 15.5 Å². The van der Waals surface area contributed by atoms with E-state index >= 15 is 0 Å². The molecule has 0 bridgehead atoms. The summed E-state index contributed by atoms with van der Waals surface area (Å²) >= 11 is 0. The van der Waals surface area contributed by atoms with Crippen molar-refractivity contribution in [1.82, 2.24) is 29.5 Å². The van der Waals surface area contributed by atoms with E-state index in [-0.39, 0.29) is 29.1 Å². The summed E-state index contributed by atoms with van der Waals surface area (Å²) in [5, 5.41) is 21.7. The van der Waals surface area contributed by atoms with Gasteiger partial charge in [-0.2, -0.15) is 41.3 Å². The highest BCUT2D eigenvalue weighted by molar-refractivity contribution is 5.58. The second kappa shape index (κ2) is 8.17. The summed E-state index contributed by atoms with van der Waals surface area (Å²) in [5.74, 6) is -2.09. The first-order valence-electron chi connectivity index (χ1n) is 9.11. The predicted molar refractivity (Wildman–Crippen MR) is 103 cm³/mol. The first-order chi connectivity index (χ1) is 15.9. The molecule has 0 saturated carbocycles. The van der Waals surface area contributed by atoms with Crippen molar-refractivity contribution >= 4 is 11.6 Å². The summed E-state index contributed by atoms with van der Waals surface area (Å²) in [4.78, 5) is 18.7. The van der Waals surface area contributed by atoms with E-state index in [1.54, 1.807) is 0 Å². The lowest BCUT2D eigenvalue weighted by Gasteiger charge is -2.12. The molecule has 34 heavy (non-hydrogen) atoms. The van der Waals surface area contributed by atoms with Gasteiger partial charge in [0.2, 0.25) is 11.9 Å². The average Bonchev–Trinajstić information content (AvgIpc) is 3.11. The number of aromatic hydroxyl groups is 2. The van der Waals surface area contributed by atoms with Gasteiger partial charge in [-0.3, -0.25) is 9.55 Å². The van der Waals surface area contributed by atoms with E-state index in [1.807, 2.05) is 0 Å². The summed E-state index contributed by atoms with van der Waals surface area (Å²) in [6.45, 7) is 0. The van der Waals surface area contributed by atoms with Gasteiger partial charge in [-0.15, -0.1) is 0 Å². The van der Waals surface area contributed by atoms with Crippen LogP contribution in [0.4, 0.5) is 38.0 Å². The fourth-order valence-corrected chi connectivity index (χ4v) is 2.71. The van der Waals surface area contributed by atoms with E-state index in [0.717, 1.165) is 35.3 Å². The molecule has 0 saturated heterocycles. The molecule has 0 unspecified atom stereocenters. The van der Waals surface area contributed by atoms with Crippen LogP contribution in [0, 0.1) is 0 Å². The fourth-order valence-electron chi connectivity index (χ4n) is 2.71. The van der Waals surface area contributed by atoms with Crippen molar-refractivity contribution in [2.24, 2.45) is 0 Å². The Balaban J connectivity index is 1.82. The lowest BCUT2D eigenvalue weighted by Crippen LogP contribution is -2.11. The maximum atomic E-state index is 13.1. The Morgan fingerprint density at radius 1 is 0.794 bits per heavy atom. The van der Waals surface area contributed by atoms with Crippen molar-refractivity contribution in [1.29, 1.82) is 0 Å². The molecule has 0 amide bonds. The number of hydrogen-bond acceptors (Lipinski definition) is 8. The Morgan fingerprint density at radius 3 is 2.12 bits per heavy atom. The molecule has 15 heteroatoms. The maximum Gasteiger partial charge on any atom is 0.433 e. The number of rotatable bonds is 4. The molecule has 4 aromatic heterocycles. The molecule has 0 aliphatic heterocycles. The van der Waals surface area contributed by atoms with E-state index in [1.165, 1.54) is 12.1 Å². The number of alkyl halides is 6. The molecular formula is C19H11F6N7O2. The smallest absolute Gasteiger partial charge is 0.433 e. The Labute approximate surface area is 185 Å². The van der Waals surface area contributed by atoms with Crippen molar-refractivity contribution in [2.45, 2.75) is 12.4 Å². The van der Waals surface area contributed by atoms with Gasteiger partial charge in [0.1, 0.15) is 17.1 Å². The number of hydrogen-bond donors (Lipinski definition) is 3. The monoisotopic (exact) mass is 483 g/mol. The summed E-state index contributed by atoms with van der Waals surface area (Å²) in [7, 11) is 0. The number of anilines is 2. The largest absolute Gasteiger partial charge is 0.503 e. The third kappa shape index (κ3) is 4.82. The van der Waals surface area contributed by atoms with Crippen molar-refractivity contribution in [3.05, 3.63) is 60.3 Å². The zero-order chi connectivity index (χ0) is 24.7. The fraction of sp³-hybridized carbons (Fsp3) is 0.105. The second-order valence-electron chi connectivity index (χ2n) is 6.68. The van der Waals surface area contributed by atoms with Crippen LogP contribution in [-0.2, 0) is 12.4 Å². The zero-order valence-electron chi connectivity index (χ0n) is 16.5. The molecule has 4 rings (SSSR count). The van der Waals surface area contributed by atoms with Gasteiger partial charge in [0.05, 0.1) is 12.4 Å². The summed E-state index contributed by atoms with van der Waals surface area (Å²) in [6, 6.07) is 4.88. The Kier molecular flexibility index (Phi) is 5.46. The second-order valence-corrected chi connectivity index (χ2v) is 6.68. The summed E-state index contributed by atoms with van der Waals surface area (Å²) in [5.41, 5.74) is -2.86. The van der Waals surface area contributed by atoms with Crippen LogP contribution in [0.2, 0.25) is 0 Å². The molecule has 0 aromatic carbocycles. The maximum absolute atomic E-state index is 13.1. The minimum Gasteiger partial charge on any atom is -0.503 e. The van der Waals surface area contributed by atoms with E-state index in [0.29, 0.717) is 6.07 Å². The van der Waals surface area contributed by atoms with Crippen LogP contribution in [0.15, 0.2) is 48.9 Å². The SMILES string of the molecule is Oc1cn(-c2nc(Nc3ccnc(C(F)(F)F)c3)nc(-c3cccc(C(F)(F)F)n3)n2)cc1O. The lowest BCUT2D eigenvalue weighted by molar-refractivity contribution is -0.141. The minimum atomic E-state index is -4.75. The average molecular weight is 483 g/mol. The van der Waals surface area contributed by atoms with E-state index in [2.05, 4.69) is 30.2 Å². The summed E-state index contributed by atoms with van der Waals surface area (Å²) in [6.07, 6.45) is -6.58. The Bertz CT molecular complexity index is 1330. The molecule has 9 nitrogen and oxygen atoms in total. The molecule has 176 valence electrons. The van der Waals surface area contributed by atoms with Gasteiger partial charge >= 0.3 is 12.4 Å². The molecule has 3 N–H and O–H groups in total. The first kappa shape index (κ1) is 22.8. The quantitative estimate of drug-likeness (QED) is 0.367. The Morgan fingerprint density at radius 2 is 1.47 bits per heavy atom. The van der Waals surface area contributed by atoms with E-state index in [4.69, 9.17) is 0 Å². The first-order valence-corrected chi connectivity index (χ1v) is 9.11. The van der Waals surface area contributed by atoms with Gasteiger partial charge in [-0.1, -0.05) is 6.07 Å². The zero-order valence-corrected chi connectivity index (χ0v) is 16.5. The van der Waals surface area contributed by atoms with Crippen LogP contribution >= 0.6 is 0 Å². The molecule has 0 spiro atoms.